The van der Waals surface area contributed by atoms with Crippen molar-refractivity contribution in [3.05, 3.63) is 35.4 Å². The fraction of sp³-hybridized carbons (Fsp3) is 0.647. The minimum Gasteiger partial charge on any atom is -0.311 e. The summed E-state index contributed by atoms with van der Waals surface area (Å²) in [5.41, 5.74) is 2.93. The normalized spacial score (nSPS) is 13.8. The molecule has 1 rings (SSSR count). The summed E-state index contributed by atoms with van der Waals surface area (Å²) in [6, 6.07) is 8.87. The molecule has 0 radical (unpaired) electrons. The number of rotatable bonds is 6. The van der Waals surface area contributed by atoms with Crippen LogP contribution >= 0.6 is 11.6 Å². The summed E-state index contributed by atoms with van der Waals surface area (Å²) in [5.74, 6) is 0.662. The van der Waals surface area contributed by atoms with E-state index in [-0.39, 0.29) is 10.8 Å². The van der Waals surface area contributed by atoms with Crippen molar-refractivity contribution in [1.29, 1.82) is 0 Å². The third-order valence-corrected chi connectivity index (χ3v) is 3.57. The number of nitrogens with one attached hydrogen (secondary N) is 1. The zero-order chi connectivity index (χ0) is 14.5. The van der Waals surface area contributed by atoms with Crippen LogP contribution in [0.5, 0.6) is 0 Å². The number of halogens is 1. The first-order valence-corrected chi connectivity index (χ1v) is 7.67. The molecule has 0 aliphatic heterocycles. The SMILES string of the molecule is CC(C)CC(Cl)CNCc1ccc(C(C)(C)C)cc1. The van der Waals surface area contributed by atoms with Gasteiger partial charge in [0.05, 0.1) is 0 Å². The molecule has 108 valence electrons. The Morgan fingerprint density at radius 1 is 1.11 bits per heavy atom. The monoisotopic (exact) mass is 281 g/mol. The summed E-state index contributed by atoms with van der Waals surface area (Å²) in [4.78, 5) is 0. The second kappa shape index (κ2) is 7.31. The Bertz CT molecular complexity index is 362. The highest BCUT2D eigenvalue weighted by molar-refractivity contribution is 6.20. The average Bonchev–Trinajstić information content (AvgIpc) is 2.27. The van der Waals surface area contributed by atoms with Gasteiger partial charge in [-0.1, -0.05) is 58.9 Å². The summed E-state index contributed by atoms with van der Waals surface area (Å²) >= 11 is 6.26. The summed E-state index contributed by atoms with van der Waals surface area (Å²) in [7, 11) is 0. The zero-order valence-electron chi connectivity index (χ0n) is 13.0. The molecule has 1 N–H and O–H groups in total. The molecule has 0 bridgehead atoms. The van der Waals surface area contributed by atoms with Gasteiger partial charge in [-0.3, -0.25) is 0 Å². The maximum atomic E-state index is 6.26. The molecule has 0 fully saturated rings. The van der Waals surface area contributed by atoms with E-state index in [1.165, 1.54) is 11.1 Å². The summed E-state index contributed by atoms with van der Waals surface area (Å²) in [5, 5.41) is 3.66. The highest BCUT2D eigenvalue weighted by atomic mass is 35.5. The maximum absolute atomic E-state index is 6.26. The molecule has 0 aliphatic carbocycles. The van der Waals surface area contributed by atoms with Gasteiger partial charge in [0.2, 0.25) is 0 Å². The van der Waals surface area contributed by atoms with E-state index >= 15 is 0 Å². The van der Waals surface area contributed by atoms with Crippen molar-refractivity contribution < 1.29 is 0 Å². The number of benzene rings is 1. The van der Waals surface area contributed by atoms with Gasteiger partial charge in [0.1, 0.15) is 0 Å². The fourth-order valence-electron chi connectivity index (χ4n) is 2.09. The van der Waals surface area contributed by atoms with Crippen molar-refractivity contribution in [1.82, 2.24) is 5.32 Å². The lowest BCUT2D eigenvalue weighted by Crippen LogP contribution is -2.24. The largest absolute Gasteiger partial charge is 0.311 e. The molecule has 0 aliphatic rings. The third kappa shape index (κ3) is 6.44. The second-order valence-corrected chi connectivity index (χ2v) is 7.42. The lowest BCUT2D eigenvalue weighted by atomic mass is 9.87. The molecule has 2 heteroatoms. The van der Waals surface area contributed by atoms with Crippen LogP contribution in [-0.4, -0.2) is 11.9 Å². The van der Waals surface area contributed by atoms with Crippen LogP contribution in [0.15, 0.2) is 24.3 Å². The molecule has 19 heavy (non-hydrogen) atoms. The molecule has 1 unspecified atom stereocenters. The molecular formula is C17H28ClN. The first-order valence-electron chi connectivity index (χ1n) is 7.23. The molecule has 0 aromatic heterocycles. The van der Waals surface area contributed by atoms with Crippen LogP contribution in [0.2, 0.25) is 0 Å². The van der Waals surface area contributed by atoms with Gasteiger partial charge in [0, 0.05) is 18.5 Å². The molecule has 1 aromatic carbocycles. The van der Waals surface area contributed by atoms with Crippen molar-refractivity contribution in [3.8, 4) is 0 Å². The van der Waals surface area contributed by atoms with Gasteiger partial charge in [-0.25, -0.2) is 0 Å². The highest BCUT2D eigenvalue weighted by Crippen LogP contribution is 2.22. The van der Waals surface area contributed by atoms with E-state index in [1.807, 2.05) is 0 Å². The smallest absolute Gasteiger partial charge is 0.0463 e. The van der Waals surface area contributed by atoms with Gasteiger partial charge in [0.25, 0.3) is 0 Å². The Balaban J connectivity index is 2.38. The van der Waals surface area contributed by atoms with E-state index in [0.29, 0.717) is 5.92 Å². The first-order chi connectivity index (χ1) is 8.79. The average molecular weight is 282 g/mol. The highest BCUT2D eigenvalue weighted by Gasteiger charge is 2.12. The first kappa shape index (κ1) is 16.5. The van der Waals surface area contributed by atoms with Gasteiger partial charge < -0.3 is 5.32 Å². The molecule has 0 saturated carbocycles. The predicted octanol–water partition coefficient (Wildman–Crippen LogP) is 4.73. The molecule has 1 aromatic rings. The van der Waals surface area contributed by atoms with Crippen molar-refractivity contribution in [2.24, 2.45) is 5.92 Å². The lowest BCUT2D eigenvalue weighted by Gasteiger charge is -2.19. The van der Waals surface area contributed by atoms with Crippen molar-refractivity contribution in [3.63, 3.8) is 0 Å². The molecule has 1 nitrogen and oxygen atoms in total. The van der Waals surface area contributed by atoms with E-state index in [0.717, 1.165) is 19.5 Å². The fourth-order valence-corrected chi connectivity index (χ4v) is 2.56. The second-order valence-electron chi connectivity index (χ2n) is 6.80. The summed E-state index contributed by atoms with van der Waals surface area (Å²) in [6.07, 6.45) is 1.07. The number of alkyl halides is 1. The minimum absolute atomic E-state index is 0.227. The molecular weight excluding hydrogens is 254 g/mol. The quantitative estimate of drug-likeness (QED) is 0.744. The summed E-state index contributed by atoms with van der Waals surface area (Å²) < 4.78 is 0. The molecule has 0 spiro atoms. The Kier molecular flexibility index (Phi) is 6.35. The van der Waals surface area contributed by atoms with Gasteiger partial charge in [-0.05, 0) is 28.9 Å². The van der Waals surface area contributed by atoms with Crippen LogP contribution in [-0.2, 0) is 12.0 Å². The Morgan fingerprint density at radius 2 is 1.68 bits per heavy atom. The van der Waals surface area contributed by atoms with Crippen LogP contribution < -0.4 is 5.32 Å². The van der Waals surface area contributed by atoms with Crippen molar-refractivity contribution in [2.45, 2.75) is 58.4 Å². The minimum atomic E-state index is 0.227. The number of hydrogen-bond donors (Lipinski definition) is 1. The molecule has 0 amide bonds. The summed E-state index contributed by atoms with van der Waals surface area (Å²) in [6.45, 7) is 12.9. The van der Waals surface area contributed by atoms with Crippen LogP contribution in [0.3, 0.4) is 0 Å². The van der Waals surface area contributed by atoms with E-state index in [9.17, 15) is 0 Å². The van der Waals surface area contributed by atoms with E-state index in [4.69, 9.17) is 11.6 Å². The van der Waals surface area contributed by atoms with Gasteiger partial charge in [-0.15, -0.1) is 11.6 Å². The Morgan fingerprint density at radius 3 is 2.16 bits per heavy atom. The topological polar surface area (TPSA) is 12.0 Å². The number of hydrogen-bond acceptors (Lipinski definition) is 1. The van der Waals surface area contributed by atoms with E-state index in [2.05, 4.69) is 64.2 Å². The Labute approximate surface area is 123 Å². The Hall–Kier alpha value is -0.530. The molecule has 0 heterocycles. The maximum Gasteiger partial charge on any atom is 0.0463 e. The van der Waals surface area contributed by atoms with Crippen LogP contribution in [0, 0.1) is 5.92 Å². The van der Waals surface area contributed by atoms with Crippen molar-refractivity contribution >= 4 is 11.6 Å². The van der Waals surface area contributed by atoms with Gasteiger partial charge >= 0.3 is 0 Å². The van der Waals surface area contributed by atoms with E-state index in [1.54, 1.807) is 0 Å². The van der Waals surface area contributed by atoms with E-state index < -0.39 is 0 Å². The van der Waals surface area contributed by atoms with Gasteiger partial charge in [0.15, 0.2) is 0 Å². The third-order valence-electron chi connectivity index (χ3n) is 3.24. The van der Waals surface area contributed by atoms with Crippen LogP contribution in [0.4, 0.5) is 0 Å². The van der Waals surface area contributed by atoms with Crippen LogP contribution in [0.25, 0.3) is 0 Å². The van der Waals surface area contributed by atoms with Crippen LogP contribution in [0.1, 0.15) is 52.2 Å². The standard InChI is InChI=1S/C17H28ClN/c1-13(2)10-16(18)12-19-11-14-6-8-15(9-7-14)17(3,4)5/h6-9,13,16,19H,10-12H2,1-5H3. The lowest BCUT2D eigenvalue weighted by molar-refractivity contribution is 0.533. The molecule has 0 saturated heterocycles. The van der Waals surface area contributed by atoms with Gasteiger partial charge in [-0.2, -0.15) is 0 Å². The molecule has 1 atom stereocenters. The zero-order valence-corrected chi connectivity index (χ0v) is 13.7. The predicted molar refractivity (Wildman–Crippen MR) is 85.9 cm³/mol. The van der Waals surface area contributed by atoms with Crippen molar-refractivity contribution in [2.75, 3.05) is 6.54 Å².